The van der Waals surface area contributed by atoms with Crippen molar-refractivity contribution in [3.05, 3.63) is 194 Å². The Morgan fingerprint density at radius 1 is 0.200 bits per heavy atom. The molecule has 0 amide bonds. The van der Waals surface area contributed by atoms with Crippen LogP contribution in [0, 0.1) is 0 Å². The Hall–Kier alpha value is -6.50. The number of hydrogen-bond donors (Lipinski definition) is 0. The highest BCUT2D eigenvalue weighted by Crippen LogP contribution is 2.49. The summed E-state index contributed by atoms with van der Waals surface area (Å²) in [6, 6.07) is 71.4. The van der Waals surface area contributed by atoms with E-state index in [0.717, 1.165) is 0 Å². The van der Waals surface area contributed by atoms with E-state index in [1.807, 2.05) is 0 Å². The van der Waals surface area contributed by atoms with Crippen molar-refractivity contribution in [2.45, 2.75) is 0 Å². The van der Waals surface area contributed by atoms with Gasteiger partial charge in [-0.15, -0.1) is 0 Å². The van der Waals surface area contributed by atoms with Crippen LogP contribution in [0.25, 0.3) is 98.4 Å². The Morgan fingerprint density at radius 3 is 1.50 bits per heavy atom. The zero-order valence-electron chi connectivity index (χ0n) is 27.5. The highest BCUT2D eigenvalue weighted by Gasteiger charge is 2.21. The number of fused-ring (bicyclic) bond motifs is 6. The van der Waals surface area contributed by atoms with Gasteiger partial charge in [-0.2, -0.15) is 0 Å². The van der Waals surface area contributed by atoms with E-state index in [1.54, 1.807) is 0 Å². The molecule has 0 atom stereocenters. The van der Waals surface area contributed by atoms with Crippen LogP contribution in [-0.2, 0) is 0 Å². The van der Waals surface area contributed by atoms with Crippen molar-refractivity contribution in [2.75, 3.05) is 0 Å². The number of benzene rings is 10. The molecule has 232 valence electrons. The fraction of sp³-hybridized carbons (Fsp3) is 0. The quantitative estimate of drug-likeness (QED) is 0.134. The Morgan fingerprint density at radius 2 is 0.720 bits per heavy atom. The fourth-order valence-electron chi connectivity index (χ4n) is 8.23. The molecule has 0 nitrogen and oxygen atoms in total. The molecule has 0 heteroatoms. The number of rotatable bonds is 4. The Labute approximate surface area is 291 Å². The second-order valence-corrected chi connectivity index (χ2v) is 13.2. The van der Waals surface area contributed by atoms with Gasteiger partial charge < -0.3 is 0 Å². The molecule has 0 fully saturated rings. The van der Waals surface area contributed by atoms with E-state index in [4.69, 9.17) is 0 Å². The molecule has 0 aliphatic carbocycles. The third-order valence-corrected chi connectivity index (χ3v) is 10.4. The zero-order valence-corrected chi connectivity index (χ0v) is 27.5. The van der Waals surface area contributed by atoms with Crippen LogP contribution in [0.3, 0.4) is 0 Å². The summed E-state index contributed by atoms with van der Waals surface area (Å²) in [4.78, 5) is 0. The maximum atomic E-state index is 2.42. The normalized spacial score (nSPS) is 11.6. The molecule has 0 heterocycles. The molecule has 10 aromatic rings. The minimum Gasteiger partial charge on any atom is -0.0622 e. The van der Waals surface area contributed by atoms with Gasteiger partial charge >= 0.3 is 0 Å². The van der Waals surface area contributed by atoms with Crippen molar-refractivity contribution in [1.82, 2.24) is 0 Å². The van der Waals surface area contributed by atoms with E-state index in [1.165, 1.54) is 98.4 Å². The first-order valence-electron chi connectivity index (χ1n) is 17.4. The van der Waals surface area contributed by atoms with Crippen molar-refractivity contribution >= 4 is 53.9 Å². The van der Waals surface area contributed by atoms with Crippen molar-refractivity contribution in [3.63, 3.8) is 0 Å². The summed E-state index contributed by atoms with van der Waals surface area (Å²) < 4.78 is 0. The summed E-state index contributed by atoms with van der Waals surface area (Å²) in [5.41, 5.74) is 9.98. The van der Waals surface area contributed by atoms with Crippen molar-refractivity contribution < 1.29 is 0 Å². The van der Waals surface area contributed by atoms with Crippen molar-refractivity contribution in [2.24, 2.45) is 0 Å². The summed E-state index contributed by atoms with van der Waals surface area (Å²) in [5.74, 6) is 0. The standard InChI is InChI=1S/C50H32/c1-2-15-33(16-3-1)35-29-30-46-48(31-35)50(42-28-14-19-34-17-4-6-20-37(34)42)45-27-13-12-26-44(45)49(46)43-25-11-10-24-41(43)47-32-36-18-5-7-21-38(36)39-22-8-9-23-40(39)47/h1-32H. The first kappa shape index (κ1) is 28.5. The maximum absolute atomic E-state index is 2.42. The van der Waals surface area contributed by atoms with Crippen LogP contribution in [0.5, 0.6) is 0 Å². The van der Waals surface area contributed by atoms with Gasteiger partial charge in [0.1, 0.15) is 0 Å². The fourth-order valence-corrected chi connectivity index (χ4v) is 8.23. The molecule has 0 spiro atoms. The Balaban J connectivity index is 1.36. The van der Waals surface area contributed by atoms with Gasteiger partial charge in [0.15, 0.2) is 0 Å². The molecular weight excluding hydrogens is 601 g/mol. The Kier molecular flexibility index (Phi) is 6.60. The highest BCUT2D eigenvalue weighted by atomic mass is 14.2. The summed E-state index contributed by atoms with van der Waals surface area (Å²) >= 11 is 0. The third-order valence-electron chi connectivity index (χ3n) is 10.4. The molecule has 0 saturated heterocycles. The molecule has 0 N–H and O–H groups in total. The molecule has 10 rings (SSSR count). The second-order valence-electron chi connectivity index (χ2n) is 13.2. The van der Waals surface area contributed by atoms with E-state index >= 15 is 0 Å². The lowest BCUT2D eigenvalue weighted by Gasteiger charge is -2.21. The van der Waals surface area contributed by atoms with Crippen LogP contribution in [0.1, 0.15) is 0 Å². The second kappa shape index (κ2) is 11.6. The summed E-state index contributed by atoms with van der Waals surface area (Å²) in [6.07, 6.45) is 0. The molecule has 0 aromatic heterocycles. The van der Waals surface area contributed by atoms with Crippen LogP contribution >= 0.6 is 0 Å². The highest BCUT2D eigenvalue weighted by molar-refractivity contribution is 6.25. The predicted molar refractivity (Wildman–Crippen MR) is 216 cm³/mol. The van der Waals surface area contributed by atoms with Crippen LogP contribution in [-0.4, -0.2) is 0 Å². The SMILES string of the molecule is c1ccc(-c2ccc3c(-c4ccccc4-c4cc5ccccc5c5ccccc45)c4ccccc4c(-c4cccc5ccccc45)c3c2)cc1. The lowest BCUT2D eigenvalue weighted by Crippen LogP contribution is -1.94. The van der Waals surface area contributed by atoms with E-state index in [0.29, 0.717) is 0 Å². The predicted octanol–water partition coefficient (Wildman–Crippen LogP) is 14.1. The van der Waals surface area contributed by atoms with Gasteiger partial charge in [-0.1, -0.05) is 182 Å². The van der Waals surface area contributed by atoms with Gasteiger partial charge in [-0.05, 0) is 111 Å². The molecule has 0 aliphatic rings. The van der Waals surface area contributed by atoms with Crippen molar-refractivity contribution in [3.8, 4) is 44.5 Å². The first-order chi connectivity index (χ1) is 24.8. The smallest absolute Gasteiger partial charge is 0.00199 e. The topological polar surface area (TPSA) is 0 Å². The minimum atomic E-state index is 1.22. The zero-order chi connectivity index (χ0) is 33.0. The van der Waals surface area contributed by atoms with Gasteiger partial charge in [0.2, 0.25) is 0 Å². The van der Waals surface area contributed by atoms with Gasteiger partial charge in [0.25, 0.3) is 0 Å². The van der Waals surface area contributed by atoms with Crippen LogP contribution in [0.15, 0.2) is 194 Å². The van der Waals surface area contributed by atoms with E-state index in [2.05, 4.69) is 194 Å². The molecule has 0 aliphatic heterocycles. The molecule has 10 aromatic carbocycles. The van der Waals surface area contributed by atoms with Crippen LogP contribution in [0.4, 0.5) is 0 Å². The molecular formula is C50H32. The third kappa shape index (κ3) is 4.46. The minimum absolute atomic E-state index is 1.22. The maximum Gasteiger partial charge on any atom is -0.00199 e. The molecule has 50 heavy (non-hydrogen) atoms. The summed E-state index contributed by atoms with van der Waals surface area (Å²) in [6.45, 7) is 0. The first-order valence-corrected chi connectivity index (χ1v) is 17.4. The van der Waals surface area contributed by atoms with Gasteiger partial charge in [-0.3, -0.25) is 0 Å². The van der Waals surface area contributed by atoms with E-state index in [-0.39, 0.29) is 0 Å². The lowest BCUT2D eigenvalue weighted by molar-refractivity contribution is 1.62. The molecule has 0 unspecified atom stereocenters. The van der Waals surface area contributed by atoms with E-state index < -0.39 is 0 Å². The average molecular weight is 633 g/mol. The van der Waals surface area contributed by atoms with E-state index in [9.17, 15) is 0 Å². The van der Waals surface area contributed by atoms with Crippen LogP contribution in [0.2, 0.25) is 0 Å². The average Bonchev–Trinajstić information content (AvgIpc) is 3.19. The van der Waals surface area contributed by atoms with Gasteiger partial charge in [-0.25, -0.2) is 0 Å². The van der Waals surface area contributed by atoms with Crippen LogP contribution < -0.4 is 0 Å². The monoisotopic (exact) mass is 632 g/mol. The summed E-state index contributed by atoms with van der Waals surface area (Å²) in [7, 11) is 0. The molecule has 0 radical (unpaired) electrons. The lowest BCUT2D eigenvalue weighted by atomic mass is 9.81. The van der Waals surface area contributed by atoms with Gasteiger partial charge in [0.05, 0.1) is 0 Å². The van der Waals surface area contributed by atoms with Gasteiger partial charge in [0, 0.05) is 0 Å². The largest absolute Gasteiger partial charge is 0.0622 e. The molecule has 0 saturated carbocycles. The Bertz CT molecular complexity index is 2910. The number of hydrogen-bond acceptors (Lipinski definition) is 0. The molecule has 0 bridgehead atoms. The summed E-state index contributed by atoms with van der Waals surface area (Å²) in [5, 5.41) is 12.6. The van der Waals surface area contributed by atoms with Crippen molar-refractivity contribution in [1.29, 1.82) is 0 Å².